The number of ether oxygens (including phenoxy) is 1. The summed E-state index contributed by atoms with van der Waals surface area (Å²) < 4.78 is 7.24. The summed E-state index contributed by atoms with van der Waals surface area (Å²) in [5.74, 6) is -0.331. The SMILES string of the molecule is CCOC(=O)c1ccc2c(-c3c(-c4cccc(C)n4)nn4c3CCC4)ccnc2c1. The zero-order chi connectivity index (χ0) is 20.7. The fraction of sp³-hybridized carbons (Fsp3) is 0.250. The molecule has 150 valence electrons. The molecule has 0 atom stereocenters. The summed E-state index contributed by atoms with van der Waals surface area (Å²) in [7, 11) is 0. The van der Waals surface area contributed by atoms with Gasteiger partial charge in [0.1, 0.15) is 5.69 Å². The van der Waals surface area contributed by atoms with Crippen LogP contribution in [0.1, 0.15) is 35.1 Å². The molecule has 1 aliphatic rings. The Kier molecular flexibility index (Phi) is 4.54. The Morgan fingerprint density at radius 3 is 2.93 bits per heavy atom. The predicted octanol–water partition coefficient (Wildman–Crippen LogP) is 4.59. The summed E-state index contributed by atoms with van der Waals surface area (Å²) in [5, 5.41) is 5.90. The number of pyridine rings is 2. The number of hydrogen-bond donors (Lipinski definition) is 0. The lowest BCUT2D eigenvalue weighted by Gasteiger charge is -2.10. The van der Waals surface area contributed by atoms with Crippen LogP contribution in [0.2, 0.25) is 0 Å². The summed E-state index contributed by atoms with van der Waals surface area (Å²) in [5.41, 5.74) is 7.42. The standard InChI is InChI=1S/C24H22N4O2/c1-3-30-24(29)16-9-10-17-18(11-12-25-20(17)14-16)22-21-8-5-13-28(21)27-23(22)19-7-4-6-15(2)26-19/h4,6-7,9-12,14H,3,5,8,13H2,1-2H3. The first-order valence-corrected chi connectivity index (χ1v) is 10.3. The van der Waals surface area contributed by atoms with Crippen molar-refractivity contribution < 1.29 is 9.53 Å². The molecule has 0 saturated carbocycles. The first-order valence-electron chi connectivity index (χ1n) is 10.3. The van der Waals surface area contributed by atoms with Gasteiger partial charge in [0.05, 0.1) is 23.4 Å². The zero-order valence-electron chi connectivity index (χ0n) is 17.1. The molecule has 4 heterocycles. The van der Waals surface area contributed by atoms with Gasteiger partial charge in [-0.15, -0.1) is 0 Å². The van der Waals surface area contributed by atoms with E-state index in [1.807, 2.05) is 37.3 Å². The molecule has 5 rings (SSSR count). The molecule has 1 aliphatic heterocycles. The van der Waals surface area contributed by atoms with Gasteiger partial charge in [-0.3, -0.25) is 14.6 Å². The molecule has 0 radical (unpaired) electrons. The van der Waals surface area contributed by atoms with E-state index in [2.05, 4.69) is 9.67 Å². The maximum absolute atomic E-state index is 12.2. The molecule has 6 nitrogen and oxygen atoms in total. The van der Waals surface area contributed by atoms with Gasteiger partial charge in [-0.25, -0.2) is 4.79 Å². The van der Waals surface area contributed by atoms with Gasteiger partial charge in [0.15, 0.2) is 0 Å². The van der Waals surface area contributed by atoms with E-state index in [-0.39, 0.29) is 5.97 Å². The van der Waals surface area contributed by atoms with E-state index < -0.39 is 0 Å². The Hall–Kier alpha value is -3.54. The molecule has 1 aromatic carbocycles. The van der Waals surface area contributed by atoms with E-state index in [0.717, 1.165) is 58.5 Å². The Bertz CT molecular complexity index is 1280. The van der Waals surface area contributed by atoms with Crippen LogP contribution in [-0.2, 0) is 17.7 Å². The second-order valence-corrected chi connectivity index (χ2v) is 7.47. The minimum absolute atomic E-state index is 0.331. The third-order valence-corrected chi connectivity index (χ3v) is 5.50. The van der Waals surface area contributed by atoms with Crippen molar-refractivity contribution in [3.8, 4) is 22.5 Å². The van der Waals surface area contributed by atoms with Crippen molar-refractivity contribution in [2.75, 3.05) is 6.61 Å². The van der Waals surface area contributed by atoms with Gasteiger partial charge in [-0.1, -0.05) is 12.1 Å². The number of benzene rings is 1. The number of fused-ring (bicyclic) bond motifs is 2. The number of carbonyl (C=O) groups excluding carboxylic acids is 1. The van der Waals surface area contributed by atoms with Crippen molar-refractivity contribution in [2.45, 2.75) is 33.2 Å². The lowest BCUT2D eigenvalue weighted by Crippen LogP contribution is -2.04. The fourth-order valence-electron chi connectivity index (χ4n) is 4.18. The minimum Gasteiger partial charge on any atom is -0.462 e. The van der Waals surface area contributed by atoms with Crippen molar-refractivity contribution in [1.82, 2.24) is 19.7 Å². The van der Waals surface area contributed by atoms with Crippen LogP contribution in [0.25, 0.3) is 33.4 Å². The largest absolute Gasteiger partial charge is 0.462 e. The van der Waals surface area contributed by atoms with Crippen molar-refractivity contribution in [3.05, 3.63) is 65.6 Å². The Morgan fingerprint density at radius 1 is 1.20 bits per heavy atom. The first-order chi connectivity index (χ1) is 14.7. The molecule has 0 unspecified atom stereocenters. The minimum atomic E-state index is -0.331. The van der Waals surface area contributed by atoms with Crippen LogP contribution in [0.4, 0.5) is 0 Å². The summed E-state index contributed by atoms with van der Waals surface area (Å²) in [6, 6.07) is 13.6. The van der Waals surface area contributed by atoms with E-state index in [1.54, 1.807) is 25.3 Å². The maximum atomic E-state index is 12.2. The van der Waals surface area contributed by atoms with Gasteiger partial charge in [0, 0.05) is 35.1 Å². The topological polar surface area (TPSA) is 69.9 Å². The predicted molar refractivity (Wildman–Crippen MR) is 115 cm³/mol. The average molecular weight is 398 g/mol. The normalized spacial score (nSPS) is 12.9. The number of nitrogens with zero attached hydrogens (tertiary/aromatic N) is 4. The molecule has 0 fully saturated rings. The van der Waals surface area contributed by atoms with Crippen LogP contribution in [0.15, 0.2) is 48.7 Å². The summed E-state index contributed by atoms with van der Waals surface area (Å²) >= 11 is 0. The van der Waals surface area contributed by atoms with Crippen LogP contribution < -0.4 is 0 Å². The van der Waals surface area contributed by atoms with Crippen molar-refractivity contribution in [3.63, 3.8) is 0 Å². The van der Waals surface area contributed by atoms with Gasteiger partial charge < -0.3 is 4.74 Å². The van der Waals surface area contributed by atoms with E-state index in [1.165, 1.54) is 5.69 Å². The average Bonchev–Trinajstić information content (AvgIpc) is 3.34. The van der Waals surface area contributed by atoms with E-state index in [9.17, 15) is 4.79 Å². The molecule has 0 amide bonds. The molecule has 0 N–H and O–H groups in total. The number of carbonyl (C=O) groups is 1. The molecule has 4 aromatic rings. The van der Waals surface area contributed by atoms with Crippen LogP contribution in [0, 0.1) is 6.92 Å². The third-order valence-electron chi connectivity index (χ3n) is 5.50. The van der Waals surface area contributed by atoms with Crippen LogP contribution in [-0.4, -0.2) is 32.3 Å². The summed E-state index contributed by atoms with van der Waals surface area (Å²) in [6.45, 7) is 5.06. The van der Waals surface area contributed by atoms with E-state index in [0.29, 0.717) is 12.2 Å². The summed E-state index contributed by atoms with van der Waals surface area (Å²) in [4.78, 5) is 21.4. The smallest absolute Gasteiger partial charge is 0.338 e. The van der Waals surface area contributed by atoms with Crippen molar-refractivity contribution >= 4 is 16.9 Å². The summed E-state index contributed by atoms with van der Waals surface area (Å²) in [6.07, 6.45) is 3.87. The lowest BCUT2D eigenvalue weighted by molar-refractivity contribution is 0.0526. The highest BCUT2D eigenvalue weighted by Gasteiger charge is 2.25. The van der Waals surface area contributed by atoms with Crippen molar-refractivity contribution in [2.24, 2.45) is 0 Å². The maximum Gasteiger partial charge on any atom is 0.338 e. The monoisotopic (exact) mass is 398 g/mol. The Morgan fingerprint density at radius 2 is 2.10 bits per heavy atom. The Labute approximate surface area is 174 Å². The number of hydrogen-bond acceptors (Lipinski definition) is 5. The molecule has 6 heteroatoms. The van der Waals surface area contributed by atoms with Gasteiger partial charge in [-0.05, 0) is 62.6 Å². The zero-order valence-corrected chi connectivity index (χ0v) is 17.1. The highest BCUT2D eigenvalue weighted by Crippen LogP contribution is 2.39. The quantitative estimate of drug-likeness (QED) is 0.470. The molecule has 0 spiro atoms. The molecular weight excluding hydrogens is 376 g/mol. The van der Waals surface area contributed by atoms with E-state index in [4.69, 9.17) is 14.8 Å². The number of aryl methyl sites for hydroxylation is 2. The number of esters is 1. The molecule has 0 bridgehead atoms. The van der Waals surface area contributed by atoms with Gasteiger partial charge in [-0.2, -0.15) is 5.10 Å². The lowest BCUT2D eigenvalue weighted by atomic mass is 9.96. The van der Waals surface area contributed by atoms with Crippen LogP contribution in [0.3, 0.4) is 0 Å². The molecule has 0 aliphatic carbocycles. The van der Waals surface area contributed by atoms with Crippen LogP contribution in [0.5, 0.6) is 0 Å². The number of aromatic nitrogens is 4. The molecule has 0 saturated heterocycles. The number of rotatable bonds is 4. The fourth-order valence-corrected chi connectivity index (χ4v) is 4.18. The van der Waals surface area contributed by atoms with E-state index >= 15 is 0 Å². The molecule has 30 heavy (non-hydrogen) atoms. The highest BCUT2D eigenvalue weighted by atomic mass is 16.5. The first kappa shape index (κ1) is 18.5. The molecular formula is C24H22N4O2. The second-order valence-electron chi connectivity index (χ2n) is 7.47. The van der Waals surface area contributed by atoms with Gasteiger partial charge in [0.25, 0.3) is 0 Å². The second kappa shape index (κ2) is 7.37. The molecule has 3 aromatic heterocycles. The van der Waals surface area contributed by atoms with Gasteiger partial charge >= 0.3 is 5.97 Å². The highest BCUT2D eigenvalue weighted by molar-refractivity contribution is 6.01. The third kappa shape index (κ3) is 3.05. The van der Waals surface area contributed by atoms with Crippen molar-refractivity contribution in [1.29, 1.82) is 0 Å². The van der Waals surface area contributed by atoms with Gasteiger partial charge in [0.2, 0.25) is 0 Å². The van der Waals surface area contributed by atoms with Crippen LogP contribution >= 0.6 is 0 Å². The Balaban J connectivity index is 1.72.